The number of hydrogen-bond acceptors (Lipinski definition) is 13. The summed E-state index contributed by atoms with van der Waals surface area (Å²) in [4.78, 5) is 67.0. The van der Waals surface area contributed by atoms with Gasteiger partial charge in [-0.1, -0.05) is 25.0 Å². The van der Waals surface area contributed by atoms with Crippen molar-refractivity contribution in [1.29, 1.82) is 0 Å². The number of carbonyl (C=O) groups is 4. The molecule has 16 nitrogen and oxygen atoms in total. The smallest absolute Gasteiger partial charge is 0.408 e. The second-order valence-corrected chi connectivity index (χ2v) is 18.9. The molecule has 4 amide bonds. The molecule has 1 unspecified atom stereocenters. The normalized spacial score (nSPS) is 25.9. The summed E-state index contributed by atoms with van der Waals surface area (Å²) in [7, 11) is -2.38. The van der Waals surface area contributed by atoms with Crippen LogP contribution in [0.1, 0.15) is 84.5 Å². The van der Waals surface area contributed by atoms with Gasteiger partial charge in [-0.3, -0.25) is 19.1 Å². The number of aromatic nitrogens is 2. The van der Waals surface area contributed by atoms with Crippen molar-refractivity contribution >= 4 is 61.2 Å². The number of anilines is 1. The minimum Gasteiger partial charge on any atom is -0.497 e. The van der Waals surface area contributed by atoms with Gasteiger partial charge in [-0.05, 0) is 77.3 Å². The first-order chi connectivity index (χ1) is 28.2. The van der Waals surface area contributed by atoms with Crippen LogP contribution < -0.4 is 30.1 Å². The number of nitrogens with zero attached hydrogens (tertiary/aromatic N) is 3. The topological polar surface area (TPSA) is 207 Å². The van der Waals surface area contributed by atoms with E-state index in [4.69, 9.17) is 24.2 Å². The van der Waals surface area contributed by atoms with E-state index >= 15 is 0 Å². The Morgan fingerprint density at radius 1 is 1.02 bits per heavy atom. The molecule has 4 aliphatic rings. The summed E-state index contributed by atoms with van der Waals surface area (Å²) in [6.07, 6.45) is 9.93. The molecule has 2 aliphatic carbocycles. The van der Waals surface area contributed by atoms with E-state index in [2.05, 4.69) is 20.7 Å². The van der Waals surface area contributed by atoms with Crippen LogP contribution in [0.3, 0.4) is 0 Å². The average Bonchev–Trinajstić information content (AvgIpc) is 3.61. The first kappa shape index (κ1) is 42.2. The molecule has 0 radical (unpaired) electrons. The lowest BCUT2D eigenvalue weighted by atomic mass is 10.0. The molecule has 1 aromatic carbocycles. The lowest BCUT2D eigenvalue weighted by Crippen LogP contribution is -2.58. The molecule has 2 aliphatic heterocycles. The molecule has 5 atom stereocenters. The molecule has 4 heterocycles. The van der Waals surface area contributed by atoms with Crippen LogP contribution in [0, 0.1) is 5.92 Å². The number of methoxy groups -OCH3 is 1. The van der Waals surface area contributed by atoms with Crippen LogP contribution in [-0.2, 0) is 29.1 Å². The highest BCUT2D eigenvalue weighted by atomic mass is 32.2. The van der Waals surface area contributed by atoms with E-state index in [1.165, 1.54) is 16.2 Å². The van der Waals surface area contributed by atoms with Gasteiger partial charge < -0.3 is 35.1 Å². The predicted molar refractivity (Wildman–Crippen MR) is 223 cm³/mol. The van der Waals surface area contributed by atoms with Crippen LogP contribution in [0.2, 0.25) is 0 Å². The monoisotopic (exact) mass is 851 g/mol. The third kappa shape index (κ3) is 10.1. The Balaban J connectivity index is 1.22. The van der Waals surface area contributed by atoms with E-state index < -0.39 is 63.5 Å². The Kier molecular flexibility index (Phi) is 12.7. The van der Waals surface area contributed by atoms with Gasteiger partial charge in [0.15, 0.2) is 5.13 Å². The van der Waals surface area contributed by atoms with E-state index in [0.29, 0.717) is 53.1 Å². The SMILES string of the molecule is COc1ccc2c(O[C@@H]3C[C@H]4C(=O)N[C@]5(C(=O)NS(C)(=O)=O)CC5/C=C\CCCCC[C@H](NC(=O)OC5CCCC5)C(=O)N4C3)cc(-c3csc(NC(C)C)n3)nc2c1. The van der Waals surface area contributed by atoms with Crippen LogP contribution in [0.5, 0.6) is 11.5 Å². The van der Waals surface area contributed by atoms with Crippen molar-refractivity contribution in [2.75, 3.05) is 25.2 Å². The summed E-state index contributed by atoms with van der Waals surface area (Å²) in [5, 5.41) is 12.3. The number of allylic oxidation sites excluding steroid dienone is 1. The number of ether oxygens (including phenoxy) is 3. The summed E-state index contributed by atoms with van der Waals surface area (Å²) in [5.74, 6) is -1.36. The fourth-order valence-corrected chi connectivity index (χ4v) is 9.55. The van der Waals surface area contributed by atoms with Crippen molar-refractivity contribution in [2.45, 2.75) is 120 Å². The van der Waals surface area contributed by atoms with Gasteiger partial charge in [-0.2, -0.15) is 0 Å². The predicted octanol–water partition coefficient (Wildman–Crippen LogP) is 5.04. The molecule has 0 spiro atoms. The molecule has 3 fully saturated rings. The number of alkyl carbamates (subject to hydrolysis) is 1. The third-order valence-electron chi connectivity index (χ3n) is 11.2. The number of nitrogens with one attached hydrogen (secondary N) is 4. The van der Waals surface area contributed by atoms with E-state index in [0.717, 1.165) is 49.9 Å². The molecule has 3 aromatic rings. The summed E-state index contributed by atoms with van der Waals surface area (Å²) < 4.78 is 44.4. The summed E-state index contributed by atoms with van der Waals surface area (Å²) in [5.41, 5.74) is 0.235. The molecule has 2 aromatic heterocycles. The first-order valence-corrected chi connectivity index (χ1v) is 23.1. The van der Waals surface area contributed by atoms with Crippen LogP contribution in [0.4, 0.5) is 9.93 Å². The number of thiazole rings is 1. The maximum absolute atomic E-state index is 14.7. The fourth-order valence-electron chi connectivity index (χ4n) is 8.17. The fraction of sp³-hybridized carbons (Fsp3) is 0.561. The number of benzene rings is 1. The van der Waals surface area contributed by atoms with Crippen LogP contribution in [0.25, 0.3) is 22.3 Å². The zero-order chi connectivity index (χ0) is 41.9. The number of amides is 4. The Morgan fingerprint density at radius 2 is 1.80 bits per heavy atom. The van der Waals surface area contributed by atoms with Crippen molar-refractivity contribution in [1.82, 2.24) is 30.2 Å². The van der Waals surface area contributed by atoms with E-state index in [1.807, 2.05) is 37.4 Å². The lowest BCUT2D eigenvalue weighted by Gasteiger charge is -2.30. The van der Waals surface area contributed by atoms with Gasteiger partial charge >= 0.3 is 6.09 Å². The van der Waals surface area contributed by atoms with Crippen molar-refractivity contribution < 1.29 is 41.8 Å². The van der Waals surface area contributed by atoms with Crippen molar-refractivity contribution in [2.24, 2.45) is 5.92 Å². The van der Waals surface area contributed by atoms with Gasteiger partial charge in [0, 0.05) is 41.3 Å². The van der Waals surface area contributed by atoms with Gasteiger partial charge in [-0.25, -0.2) is 23.2 Å². The summed E-state index contributed by atoms with van der Waals surface area (Å²) in [6.45, 7) is 4.03. The zero-order valence-electron chi connectivity index (χ0n) is 33.8. The Hall–Kier alpha value is -4.97. The van der Waals surface area contributed by atoms with Gasteiger partial charge in [0.05, 0.1) is 31.1 Å². The number of carbonyl (C=O) groups excluding carboxylic acids is 4. The van der Waals surface area contributed by atoms with Gasteiger partial charge in [0.25, 0.3) is 5.91 Å². The molecule has 7 rings (SSSR count). The van der Waals surface area contributed by atoms with Crippen LogP contribution in [-0.4, -0.2) is 103 Å². The van der Waals surface area contributed by atoms with Crippen molar-refractivity contribution in [3.8, 4) is 22.9 Å². The molecule has 318 valence electrons. The van der Waals surface area contributed by atoms with E-state index in [-0.39, 0.29) is 31.5 Å². The molecule has 18 heteroatoms. The molecule has 4 N–H and O–H groups in total. The molecule has 1 saturated heterocycles. The second kappa shape index (κ2) is 17.7. The Bertz CT molecular complexity index is 2210. The van der Waals surface area contributed by atoms with Crippen LogP contribution >= 0.6 is 11.3 Å². The minimum absolute atomic E-state index is 0.0207. The first-order valence-electron chi connectivity index (χ1n) is 20.4. The van der Waals surface area contributed by atoms with Gasteiger partial charge in [0.2, 0.25) is 21.8 Å². The minimum atomic E-state index is -3.95. The highest BCUT2D eigenvalue weighted by Gasteiger charge is 2.61. The molecular formula is C41H53N7O9S2. The summed E-state index contributed by atoms with van der Waals surface area (Å²) in [6, 6.07) is 5.27. The van der Waals surface area contributed by atoms with E-state index in [9.17, 15) is 27.6 Å². The average molecular weight is 852 g/mol. The number of pyridine rings is 1. The summed E-state index contributed by atoms with van der Waals surface area (Å²) >= 11 is 1.45. The number of sulfonamides is 1. The Morgan fingerprint density at radius 3 is 2.54 bits per heavy atom. The quantitative estimate of drug-likeness (QED) is 0.198. The molecule has 0 bridgehead atoms. The maximum atomic E-state index is 14.7. The molecular weight excluding hydrogens is 799 g/mol. The highest BCUT2D eigenvalue weighted by Crippen LogP contribution is 2.46. The maximum Gasteiger partial charge on any atom is 0.408 e. The van der Waals surface area contributed by atoms with Crippen molar-refractivity contribution in [3.63, 3.8) is 0 Å². The van der Waals surface area contributed by atoms with Crippen molar-refractivity contribution in [3.05, 3.63) is 41.8 Å². The van der Waals surface area contributed by atoms with E-state index in [1.54, 1.807) is 25.3 Å². The highest BCUT2D eigenvalue weighted by molar-refractivity contribution is 7.89. The molecule has 59 heavy (non-hydrogen) atoms. The number of hydrogen-bond donors (Lipinski definition) is 4. The van der Waals surface area contributed by atoms with Crippen LogP contribution in [0.15, 0.2) is 41.8 Å². The number of fused-ring (bicyclic) bond motifs is 3. The third-order valence-corrected chi connectivity index (χ3v) is 12.6. The Labute approximate surface area is 348 Å². The lowest BCUT2D eigenvalue weighted by molar-refractivity contribution is -0.141. The standard InChI is InChI=1S/C41H53N7O9S2/c1-24(2)42-39-44-33(23-58-39)32-20-35(29-17-16-27(55-3)18-31(29)43-32)56-28-19-34-36(49)46-41(38(51)47-59(4,53)54)21-25(41)12-8-6-5-7-9-15-30(37(50)48(34)22-28)45-40(52)57-26-13-10-11-14-26/h8,12,16-18,20,23-26,28,30,34H,5-7,9-11,13-15,19,21-22H2,1-4H3,(H,42,44)(H,45,52)(H,46,49)(H,47,51)/b12-8-/t25?,28-,30+,34+,41-/m1/s1. The second-order valence-electron chi connectivity index (χ2n) is 16.3. The molecule has 2 saturated carbocycles. The zero-order valence-corrected chi connectivity index (χ0v) is 35.5. The van der Waals surface area contributed by atoms with Gasteiger partial charge in [-0.15, -0.1) is 11.3 Å². The largest absolute Gasteiger partial charge is 0.497 e. The number of rotatable bonds is 10. The van der Waals surface area contributed by atoms with Gasteiger partial charge in [0.1, 0.15) is 47.0 Å².